The fraction of sp³-hybridized carbons (Fsp3) is 0.143. The van der Waals surface area contributed by atoms with Gasteiger partial charge >= 0.3 is 5.97 Å². The molecule has 0 aromatic carbocycles. The number of carboxylic acids is 1. The van der Waals surface area contributed by atoms with Crippen molar-refractivity contribution >= 4 is 28.6 Å². The van der Waals surface area contributed by atoms with Crippen molar-refractivity contribution in [3.8, 4) is 16.4 Å². The quantitative estimate of drug-likeness (QED) is 0.767. The van der Waals surface area contributed by atoms with E-state index in [9.17, 15) is 4.79 Å². The van der Waals surface area contributed by atoms with Crippen molar-refractivity contribution in [2.75, 3.05) is 0 Å². The van der Waals surface area contributed by atoms with Gasteiger partial charge in [-0.15, -0.1) is 22.7 Å². The SMILES string of the molecule is Cc1cc(OCc2cc(-c3cccs3)on2)c(C(=O)O)s1. The third-order valence-corrected chi connectivity index (χ3v) is 4.62. The van der Waals surface area contributed by atoms with Crippen LogP contribution >= 0.6 is 22.7 Å². The topological polar surface area (TPSA) is 72.6 Å². The van der Waals surface area contributed by atoms with E-state index in [-0.39, 0.29) is 11.5 Å². The molecule has 0 radical (unpaired) electrons. The molecule has 0 fully saturated rings. The number of nitrogens with zero attached hydrogens (tertiary/aromatic N) is 1. The first-order chi connectivity index (χ1) is 10.1. The van der Waals surface area contributed by atoms with Crippen LogP contribution in [0.15, 0.2) is 34.2 Å². The predicted octanol–water partition coefficient (Wildman–Crippen LogP) is 4.05. The molecular weight excluding hydrogens is 310 g/mol. The van der Waals surface area contributed by atoms with Gasteiger partial charge in [0, 0.05) is 10.9 Å². The van der Waals surface area contributed by atoms with Crippen LogP contribution in [0.4, 0.5) is 0 Å². The molecule has 0 bridgehead atoms. The van der Waals surface area contributed by atoms with E-state index in [0.717, 1.165) is 9.75 Å². The maximum Gasteiger partial charge on any atom is 0.349 e. The smallest absolute Gasteiger partial charge is 0.349 e. The summed E-state index contributed by atoms with van der Waals surface area (Å²) in [7, 11) is 0. The van der Waals surface area contributed by atoms with Crippen molar-refractivity contribution in [2.24, 2.45) is 0 Å². The monoisotopic (exact) mass is 321 g/mol. The summed E-state index contributed by atoms with van der Waals surface area (Å²) in [4.78, 5) is 13.2. The molecule has 3 rings (SSSR count). The van der Waals surface area contributed by atoms with E-state index in [1.165, 1.54) is 11.3 Å². The second-order valence-electron chi connectivity index (χ2n) is 4.30. The van der Waals surface area contributed by atoms with Gasteiger partial charge in [0.2, 0.25) is 0 Å². The zero-order valence-corrected chi connectivity index (χ0v) is 12.7. The van der Waals surface area contributed by atoms with Crippen molar-refractivity contribution in [2.45, 2.75) is 13.5 Å². The second kappa shape index (κ2) is 5.71. The van der Waals surface area contributed by atoms with Crippen molar-refractivity contribution in [1.29, 1.82) is 0 Å². The lowest BCUT2D eigenvalue weighted by Crippen LogP contribution is -2.00. The van der Waals surface area contributed by atoms with Crippen LogP contribution in [0.5, 0.6) is 5.75 Å². The lowest BCUT2D eigenvalue weighted by atomic mass is 10.3. The predicted molar refractivity (Wildman–Crippen MR) is 80.2 cm³/mol. The van der Waals surface area contributed by atoms with Gasteiger partial charge in [0.15, 0.2) is 10.6 Å². The number of ether oxygens (including phenoxy) is 1. The van der Waals surface area contributed by atoms with Gasteiger partial charge in [-0.2, -0.15) is 0 Å². The standard InChI is InChI=1S/C14H11NO4S2/c1-8-5-11(13(21-8)14(16)17)18-7-9-6-10(19-15-9)12-3-2-4-20-12/h2-6H,7H2,1H3,(H,16,17). The summed E-state index contributed by atoms with van der Waals surface area (Å²) in [6.45, 7) is 2.01. The average Bonchev–Trinajstić information content (AvgIpc) is 3.16. The summed E-state index contributed by atoms with van der Waals surface area (Å²) in [5.74, 6) is 0.0664. The lowest BCUT2D eigenvalue weighted by molar-refractivity contribution is 0.0697. The first-order valence-corrected chi connectivity index (χ1v) is 7.79. The molecule has 0 saturated carbocycles. The molecule has 0 aliphatic heterocycles. The average molecular weight is 321 g/mol. The Balaban J connectivity index is 1.72. The largest absolute Gasteiger partial charge is 0.485 e. The number of hydrogen-bond acceptors (Lipinski definition) is 6. The zero-order chi connectivity index (χ0) is 14.8. The van der Waals surface area contributed by atoms with Crippen molar-refractivity contribution in [3.05, 3.63) is 45.1 Å². The minimum atomic E-state index is -0.984. The van der Waals surface area contributed by atoms with Crippen molar-refractivity contribution in [1.82, 2.24) is 5.16 Å². The number of carboxylic acid groups (broad SMARTS) is 1. The fourth-order valence-electron chi connectivity index (χ4n) is 1.81. The fourth-order valence-corrected chi connectivity index (χ4v) is 3.28. The number of thiophene rings is 2. The number of aryl methyl sites for hydroxylation is 1. The molecule has 1 N–H and O–H groups in total. The first kappa shape index (κ1) is 13.8. The van der Waals surface area contributed by atoms with Crippen LogP contribution in [0.1, 0.15) is 20.2 Å². The Morgan fingerprint density at radius 3 is 3.05 bits per heavy atom. The Bertz CT molecular complexity index is 758. The minimum Gasteiger partial charge on any atom is -0.485 e. The van der Waals surface area contributed by atoms with Crippen LogP contribution < -0.4 is 4.74 Å². The molecule has 7 heteroatoms. The van der Waals surface area contributed by atoms with E-state index in [1.807, 2.05) is 24.4 Å². The summed E-state index contributed by atoms with van der Waals surface area (Å²) >= 11 is 2.76. The molecule has 0 amide bonds. The molecule has 3 heterocycles. The molecule has 0 aliphatic rings. The van der Waals surface area contributed by atoms with E-state index in [0.29, 0.717) is 17.2 Å². The van der Waals surface area contributed by atoms with Gasteiger partial charge in [-0.05, 0) is 24.4 Å². The maximum atomic E-state index is 11.1. The van der Waals surface area contributed by atoms with E-state index < -0.39 is 5.97 Å². The first-order valence-electron chi connectivity index (χ1n) is 6.09. The van der Waals surface area contributed by atoms with Crippen LogP contribution in [0.2, 0.25) is 0 Å². The minimum absolute atomic E-state index is 0.172. The van der Waals surface area contributed by atoms with Gasteiger partial charge in [-0.3, -0.25) is 0 Å². The Hall–Kier alpha value is -2.12. The third kappa shape index (κ3) is 2.98. The zero-order valence-electron chi connectivity index (χ0n) is 11.0. The van der Waals surface area contributed by atoms with Gasteiger partial charge in [0.25, 0.3) is 0 Å². The van der Waals surface area contributed by atoms with Crippen LogP contribution in [0.3, 0.4) is 0 Å². The van der Waals surface area contributed by atoms with Crippen LogP contribution in [0.25, 0.3) is 10.6 Å². The number of hydrogen-bond donors (Lipinski definition) is 1. The van der Waals surface area contributed by atoms with Gasteiger partial charge in [0.1, 0.15) is 18.1 Å². The van der Waals surface area contributed by atoms with E-state index >= 15 is 0 Å². The molecule has 3 aromatic rings. The summed E-state index contributed by atoms with van der Waals surface area (Å²) in [5, 5.41) is 15.0. The number of aromatic carboxylic acids is 1. The Labute approximate surface area is 128 Å². The van der Waals surface area contributed by atoms with Gasteiger partial charge < -0.3 is 14.4 Å². The molecule has 108 valence electrons. The molecule has 3 aromatic heterocycles. The van der Waals surface area contributed by atoms with E-state index in [4.69, 9.17) is 14.4 Å². The van der Waals surface area contributed by atoms with Gasteiger partial charge in [0.05, 0.1) is 4.88 Å². The normalized spacial score (nSPS) is 10.7. The highest BCUT2D eigenvalue weighted by Gasteiger charge is 2.16. The molecule has 0 aliphatic carbocycles. The molecule has 0 saturated heterocycles. The number of rotatable bonds is 5. The maximum absolute atomic E-state index is 11.1. The van der Waals surface area contributed by atoms with Crippen molar-refractivity contribution < 1.29 is 19.2 Å². The Morgan fingerprint density at radius 1 is 1.48 bits per heavy atom. The molecule has 0 unspecified atom stereocenters. The molecule has 0 atom stereocenters. The van der Waals surface area contributed by atoms with E-state index in [2.05, 4.69) is 5.16 Å². The Kier molecular flexibility index (Phi) is 3.76. The highest BCUT2D eigenvalue weighted by atomic mass is 32.1. The third-order valence-electron chi connectivity index (χ3n) is 2.71. The van der Waals surface area contributed by atoms with Crippen LogP contribution in [-0.4, -0.2) is 16.2 Å². The summed E-state index contributed by atoms with van der Waals surface area (Å²) < 4.78 is 10.8. The van der Waals surface area contributed by atoms with Gasteiger partial charge in [-0.25, -0.2) is 4.79 Å². The van der Waals surface area contributed by atoms with Crippen LogP contribution in [-0.2, 0) is 6.61 Å². The molecule has 0 spiro atoms. The number of aromatic nitrogens is 1. The van der Waals surface area contributed by atoms with E-state index in [1.54, 1.807) is 23.5 Å². The highest BCUT2D eigenvalue weighted by Crippen LogP contribution is 2.30. The number of carbonyl (C=O) groups is 1. The highest BCUT2D eigenvalue weighted by molar-refractivity contribution is 7.14. The van der Waals surface area contributed by atoms with Gasteiger partial charge in [-0.1, -0.05) is 11.2 Å². The van der Waals surface area contributed by atoms with Crippen molar-refractivity contribution in [3.63, 3.8) is 0 Å². The molecule has 5 nitrogen and oxygen atoms in total. The summed E-state index contributed by atoms with van der Waals surface area (Å²) in [6, 6.07) is 7.40. The second-order valence-corrected chi connectivity index (χ2v) is 6.51. The van der Waals surface area contributed by atoms with Crippen LogP contribution in [0, 0.1) is 6.92 Å². The summed E-state index contributed by atoms with van der Waals surface area (Å²) in [6.07, 6.45) is 0. The molecule has 21 heavy (non-hydrogen) atoms. The molecular formula is C14H11NO4S2. The lowest BCUT2D eigenvalue weighted by Gasteiger charge is -2.01. The Morgan fingerprint density at radius 2 is 2.33 bits per heavy atom. The summed E-state index contributed by atoms with van der Waals surface area (Å²) in [5.41, 5.74) is 0.624.